The van der Waals surface area contributed by atoms with Gasteiger partial charge in [-0.1, -0.05) is 13.8 Å². The minimum Gasteiger partial charge on any atom is -0.464 e. The Balaban J connectivity index is 2.55. The molecule has 0 saturated heterocycles. The van der Waals surface area contributed by atoms with Gasteiger partial charge in [0.1, 0.15) is 11.5 Å². The quantitative estimate of drug-likeness (QED) is 0.777. The van der Waals surface area contributed by atoms with Crippen LogP contribution in [-0.4, -0.2) is 28.3 Å². The van der Waals surface area contributed by atoms with Crippen LogP contribution >= 0.6 is 11.8 Å². The minimum atomic E-state index is -0.377. The molecule has 0 aliphatic rings. The van der Waals surface area contributed by atoms with Crippen molar-refractivity contribution >= 4 is 17.7 Å². The summed E-state index contributed by atoms with van der Waals surface area (Å²) >= 11 is 1.77. The average Bonchev–Trinajstić information content (AvgIpc) is 2.62. The van der Waals surface area contributed by atoms with Gasteiger partial charge in [-0.3, -0.25) is 0 Å². The fourth-order valence-electron chi connectivity index (χ4n) is 0.895. The first kappa shape index (κ1) is 11.1. The summed E-state index contributed by atoms with van der Waals surface area (Å²) in [6.45, 7) is 4.24. The van der Waals surface area contributed by atoms with Gasteiger partial charge in [-0.05, 0) is 5.25 Å². The van der Waals surface area contributed by atoms with E-state index in [1.807, 2.05) is 0 Å². The number of imidazole rings is 1. The number of esters is 1. The number of thioether (sulfide) groups is 1. The standard InChI is InChI=1S/C9H14N2O2S/c1-6(2)14-5-8-10-4-7(11-8)9(12)13-3/h4,6H,5H2,1-3H3,(H,10,11). The normalized spacial score (nSPS) is 10.6. The number of carbonyl (C=O) groups is 1. The van der Waals surface area contributed by atoms with E-state index in [-0.39, 0.29) is 5.97 Å². The Morgan fingerprint density at radius 2 is 2.43 bits per heavy atom. The van der Waals surface area contributed by atoms with E-state index >= 15 is 0 Å². The molecule has 1 N–H and O–H groups in total. The number of aromatic amines is 1. The molecule has 0 saturated carbocycles. The highest BCUT2D eigenvalue weighted by Crippen LogP contribution is 2.14. The maximum absolute atomic E-state index is 11.1. The summed E-state index contributed by atoms with van der Waals surface area (Å²) in [5, 5.41) is 0.557. The Morgan fingerprint density at radius 3 is 3.00 bits per heavy atom. The topological polar surface area (TPSA) is 55.0 Å². The van der Waals surface area contributed by atoms with Gasteiger partial charge < -0.3 is 9.72 Å². The van der Waals surface area contributed by atoms with Crippen LogP contribution in [0, 0.1) is 0 Å². The molecule has 78 valence electrons. The predicted molar refractivity (Wildman–Crippen MR) is 56.4 cm³/mol. The maximum atomic E-state index is 11.1. The van der Waals surface area contributed by atoms with Gasteiger partial charge >= 0.3 is 5.97 Å². The van der Waals surface area contributed by atoms with Crippen LogP contribution in [0.3, 0.4) is 0 Å². The van der Waals surface area contributed by atoms with Crippen molar-refractivity contribution < 1.29 is 9.53 Å². The van der Waals surface area contributed by atoms with E-state index in [2.05, 4.69) is 28.6 Å². The number of carbonyl (C=O) groups excluding carboxylic acids is 1. The van der Waals surface area contributed by atoms with Crippen LogP contribution in [0.25, 0.3) is 0 Å². The summed E-state index contributed by atoms with van der Waals surface area (Å²) in [6, 6.07) is 0. The van der Waals surface area contributed by atoms with E-state index in [1.54, 1.807) is 11.8 Å². The number of ether oxygens (including phenoxy) is 1. The molecule has 0 aliphatic carbocycles. The van der Waals surface area contributed by atoms with Crippen LogP contribution in [-0.2, 0) is 10.5 Å². The second kappa shape index (κ2) is 5.05. The van der Waals surface area contributed by atoms with Crippen molar-refractivity contribution in [2.24, 2.45) is 0 Å². The molecule has 0 aromatic carbocycles. The first-order valence-electron chi connectivity index (χ1n) is 4.37. The smallest absolute Gasteiger partial charge is 0.356 e. The fourth-order valence-corrected chi connectivity index (χ4v) is 1.53. The Hall–Kier alpha value is -0.970. The van der Waals surface area contributed by atoms with Crippen molar-refractivity contribution in [3.63, 3.8) is 0 Å². The number of nitrogens with one attached hydrogen (secondary N) is 1. The van der Waals surface area contributed by atoms with Crippen molar-refractivity contribution in [3.8, 4) is 0 Å². The molecule has 1 heterocycles. The molecule has 0 bridgehead atoms. The number of methoxy groups -OCH3 is 1. The zero-order chi connectivity index (χ0) is 10.6. The molecule has 0 aliphatic heterocycles. The van der Waals surface area contributed by atoms with Gasteiger partial charge in [-0.2, -0.15) is 11.8 Å². The Labute approximate surface area is 87.4 Å². The van der Waals surface area contributed by atoms with E-state index < -0.39 is 0 Å². The van der Waals surface area contributed by atoms with Gasteiger partial charge in [-0.15, -0.1) is 0 Å². The monoisotopic (exact) mass is 214 g/mol. The number of aromatic nitrogens is 2. The van der Waals surface area contributed by atoms with Gasteiger partial charge in [0.15, 0.2) is 0 Å². The summed E-state index contributed by atoms with van der Waals surface area (Å²) in [5.41, 5.74) is 0.409. The van der Waals surface area contributed by atoms with Gasteiger partial charge in [0, 0.05) is 0 Å². The zero-order valence-corrected chi connectivity index (χ0v) is 9.35. The third kappa shape index (κ3) is 3.06. The van der Waals surface area contributed by atoms with Crippen molar-refractivity contribution in [1.29, 1.82) is 0 Å². The fraction of sp³-hybridized carbons (Fsp3) is 0.556. The average molecular weight is 214 g/mol. The van der Waals surface area contributed by atoms with Crippen LogP contribution in [0.5, 0.6) is 0 Å². The summed E-state index contributed by atoms with van der Waals surface area (Å²) in [7, 11) is 1.35. The predicted octanol–water partition coefficient (Wildman–Crippen LogP) is 1.84. The van der Waals surface area contributed by atoms with E-state index in [9.17, 15) is 4.79 Å². The van der Waals surface area contributed by atoms with E-state index in [4.69, 9.17) is 0 Å². The van der Waals surface area contributed by atoms with E-state index in [0.717, 1.165) is 11.6 Å². The highest BCUT2D eigenvalue weighted by atomic mass is 32.2. The third-order valence-corrected chi connectivity index (χ3v) is 2.69. The van der Waals surface area contributed by atoms with Crippen LogP contribution in [0.2, 0.25) is 0 Å². The molecule has 1 aromatic heterocycles. The van der Waals surface area contributed by atoms with Crippen LogP contribution in [0.1, 0.15) is 30.2 Å². The molecule has 4 nitrogen and oxygen atoms in total. The number of nitrogens with zero attached hydrogens (tertiary/aromatic N) is 1. The van der Waals surface area contributed by atoms with Gasteiger partial charge in [0.2, 0.25) is 0 Å². The molecule has 14 heavy (non-hydrogen) atoms. The minimum absolute atomic E-state index is 0.377. The molecule has 1 aromatic rings. The van der Waals surface area contributed by atoms with Crippen LogP contribution in [0.4, 0.5) is 0 Å². The molecule has 0 spiro atoms. The lowest BCUT2D eigenvalue weighted by molar-refractivity contribution is 0.0594. The second-order valence-electron chi connectivity index (χ2n) is 3.09. The molecule has 5 heteroatoms. The summed E-state index contributed by atoms with van der Waals surface area (Å²) in [6.07, 6.45) is 1.50. The molecule has 1 rings (SSSR count). The van der Waals surface area contributed by atoms with E-state index in [1.165, 1.54) is 13.3 Å². The lowest BCUT2D eigenvalue weighted by atomic mass is 10.5. The first-order valence-corrected chi connectivity index (χ1v) is 5.42. The zero-order valence-electron chi connectivity index (χ0n) is 8.53. The maximum Gasteiger partial charge on any atom is 0.356 e. The summed E-state index contributed by atoms with van der Waals surface area (Å²) in [4.78, 5) is 18.1. The van der Waals surface area contributed by atoms with Gasteiger partial charge in [0.05, 0.1) is 19.1 Å². The van der Waals surface area contributed by atoms with Crippen molar-refractivity contribution in [2.45, 2.75) is 24.9 Å². The Kier molecular flexibility index (Phi) is 4.00. The Morgan fingerprint density at radius 1 is 1.71 bits per heavy atom. The lowest BCUT2D eigenvalue weighted by Crippen LogP contribution is -2.01. The van der Waals surface area contributed by atoms with Crippen molar-refractivity contribution in [3.05, 3.63) is 17.7 Å². The highest BCUT2D eigenvalue weighted by molar-refractivity contribution is 7.99. The molecule has 0 radical (unpaired) electrons. The van der Waals surface area contributed by atoms with Crippen LogP contribution in [0.15, 0.2) is 6.20 Å². The molecule has 0 amide bonds. The van der Waals surface area contributed by atoms with E-state index in [0.29, 0.717) is 10.9 Å². The summed E-state index contributed by atoms with van der Waals surface area (Å²) in [5.74, 6) is 1.22. The third-order valence-electron chi connectivity index (χ3n) is 1.59. The molecule has 0 atom stereocenters. The number of hydrogen-bond donors (Lipinski definition) is 1. The highest BCUT2D eigenvalue weighted by Gasteiger charge is 2.09. The SMILES string of the molecule is COC(=O)c1cnc(CSC(C)C)[nH]1. The van der Waals surface area contributed by atoms with Crippen molar-refractivity contribution in [2.75, 3.05) is 7.11 Å². The van der Waals surface area contributed by atoms with Crippen LogP contribution < -0.4 is 0 Å². The van der Waals surface area contributed by atoms with Crippen molar-refractivity contribution in [1.82, 2.24) is 9.97 Å². The second-order valence-corrected chi connectivity index (χ2v) is 4.66. The van der Waals surface area contributed by atoms with Gasteiger partial charge in [-0.25, -0.2) is 9.78 Å². The lowest BCUT2D eigenvalue weighted by Gasteiger charge is -2.00. The summed E-state index contributed by atoms with van der Waals surface area (Å²) < 4.78 is 4.56. The molecular weight excluding hydrogens is 200 g/mol. The molecular formula is C9H14N2O2S. The number of rotatable bonds is 4. The van der Waals surface area contributed by atoms with Gasteiger partial charge in [0.25, 0.3) is 0 Å². The number of hydrogen-bond acceptors (Lipinski definition) is 4. The Bertz CT molecular complexity index is 310. The number of H-pyrrole nitrogens is 1. The molecule has 0 unspecified atom stereocenters. The molecule has 0 fully saturated rings. The first-order chi connectivity index (χ1) is 6.63. The largest absolute Gasteiger partial charge is 0.464 e.